The molecular weight excluding hydrogens is 392 g/mol. The Labute approximate surface area is 168 Å². The number of aromatic nitrogens is 1. The van der Waals surface area contributed by atoms with Gasteiger partial charge >= 0.3 is 0 Å². The molecule has 4 rings (SSSR count). The van der Waals surface area contributed by atoms with Gasteiger partial charge in [-0.1, -0.05) is 18.2 Å². The summed E-state index contributed by atoms with van der Waals surface area (Å²) in [6, 6.07) is 16.2. The summed E-state index contributed by atoms with van der Waals surface area (Å²) in [4.78, 5) is 12.3. The lowest BCUT2D eigenvalue weighted by Gasteiger charge is -2.22. The average Bonchev–Trinajstić information content (AvgIpc) is 3.00. The van der Waals surface area contributed by atoms with Crippen molar-refractivity contribution in [2.24, 2.45) is 0 Å². The van der Waals surface area contributed by atoms with Crippen LogP contribution in [0.5, 0.6) is 11.5 Å². The molecule has 0 radical (unpaired) electrons. The van der Waals surface area contributed by atoms with Gasteiger partial charge in [-0.3, -0.25) is 14.2 Å². The molecule has 3 aromatic rings. The van der Waals surface area contributed by atoms with Crippen molar-refractivity contribution in [3.8, 4) is 22.8 Å². The zero-order chi connectivity index (χ0) is 20.6. The minimum atomic E-state index is -3.45. The summed E-state index contributed by atoms with van der Waals surface area (Å²) in [5, 5.41) is 2.75. The molecule has 0 spiro atoms. The highest BCUT2D eigenvalue weighted by molar-refractivity contribution is 7.92. The molecule has 0 atom stereocenters. The van der Waals surface area contributed by atoms with Crippen LogP contribution >= 0.6 is 0 Å². The average molecular weight is 412 g/mol. The van der Waals surface area contributed by atoms with E-state index >= 15 is 0 Å². The third-order valence-corrected chi connectivity index (χ3v) is 5.03. The molecule has 0 saturated carbocycles. The van der Waals surface area contributed by atoms with E-state index in [0.29, 0.717) is 34.1 Å². The number of carbonyl (C=O) groups excluding carboxylic acids is 1. The highest BCUT2D eigenvalue weighted by Gasteiger charge is 2.25. The molecule has 0 fully saturated rings. The molecule has 1 aliphatic heterocycles. The molecule has 1 aliphatic rings. The van der Waals surface area contributed by atoms with E-state index in [1.165, 1.54) is 0 Å². The first-order valence-electron chi connectivity index (χ1n) is 8.91. The quantitative estimate of drug-likeness (QED) is 0.598. The lowest BCUT2D eigenvalue weighted by atomic mass is 10.1. The Balaban J connectivity index is 1.86. The van der Waals surface area contributed by atoms with Gasteiger partial charge in [-0.15, -0.1) is 0 Å². The van der Waals surface area contributed by atoms with Crippen LogP contribution in [-0.4, -0.2) is 31.9 Å². The number of rotatable bonds is 5. The van der Waals surface area contributed by atoms with Gasteiger partial charge in [0.05, 0.1) is 11.9 Å². The first-order valence-corrected chi connectivity index (χ1v) is 10.8. The summed E-state index contributed by atoms with van der Waals surface area (Å²) in [6.45, 7) is 2.13. The molecule has 9 heteroatoms. The van der Waals surface area contributed by atoms with Gasteiger partial charge in [0.15, 0.2) is 0 Å². The lowest BCUT2D eigenvalue weighted by Crippen LogP contribution is -2.41. The minimum absolute atomic E-state index is 0.177. The van der Waals surface area contributed by atoms with Crippen LogP contribution in [0.2, 0.25) is 0 Å². The fourth-order valence-corrected chi connectivity index (χ4v) is 3.83. The summed E-state index contributed by atoms with van der Waals surface area (Å²) in [5.41, 5.74) is 6.15. The maximum atomic E-state index is 12.3. The van der Waals surface area contributed by atoms with Crippen LogP contribution in [0.1, 0.15) is 16.1 Å². The standard InChI is InChI=1S/C20H20N4O4S/c1-13-10-17(24-19(13)20(25)21-12-22-24)16-11-14(23-29(2,26)27)8-9-18(16)28-15-6-4-3-5-7-15/h3-11,22-23H,12H2,1-2H3,(H,21,25). The van der Waals surface area contributed by atoms with Crippen molar-refractivity contribution in [1.82, 2.24) is 9.99 Å². The van der Waals surface area contributed by atoms with Crippen LogP contribution in [0, 0.1) is 6.92 Å². The Bertz CT molecular complexity index is 1190. The van der Waals surface area contributed by atoms with Gasteiger partial charge in [-0.05, 0) is 48.9 Å². The first kappa shape index (κ1) is 18.9. The number of carbonyl (C=O) groups is 1. The number of nitrogens with one attached hydrogen (secondary N) is 3. The second kappa shape index (κ2) is 7.17. The van der Waals surface area contributed by atoms with Crippen molar-refractivity contribution >= 4 is 21.6 Å². The van der Waals surface area contributed by atoms with E-state index in [-0.39, 0.29) is 12.6 Å². The Hall–Kier alpha value is -3.46. The normalized spacial score (nSPS) is 13.2. The second-order valence-electron chi connectivity index (χ2n) is 6.74. The van der Waals surface area contributed by atoms with Crippen LogP contribution in [0.3, 0.4) is 0 Å². The van der Waals surface area contributed by atoms with Gasteiger partial charge in [0.25, 0.3) is 5.91 Å². The van der Waals surface area contributed by atoms with Crippen LogP contribution in [0.15, 0.2) is 54.6 Å². The summed E-state index contributed by atoms with van der Waals surface area (Å²) in [6.07, 6.45) is 1.09. The summed E-state index contributed by atoms with van der Waals surface area (Å²) in [5.74, 6) is 0.997. The van der Waals surface area contributed by atoms with Crippen LogP contribution in [0.4, 0.5) is 5.69 Å². The van der Waals surface area contributed by atoms with Crippen molar-refractivity contribution in [2.45, 2.75) is 6.92 Å². The van der Waals surface area contributed by atoms with Crippen molar-refractivity contribution in [3.05, 3.63) is 65.9 Å². The minimum Gasteiger partial charge on any atom is -0.457 e. The number of hydrogen-bond donors (Lipinski definition) is 3. The number of aryl methyl sites for hydroxylation is 1. The van der Waals surface area contributed by atoms with Gasteiger partial charge in [0.1, 0.15) is 23.9 Å². The highest BCUT2D eigenvalue weighted by Crippen LogP contribution is 2.37. The van der Waals surface area contributed by atoms with Gasteiger partial charge in [0, 0.05) is 11.3 Å². The number of ether oxygens (including phenoxy) is 1. The van der Waals surface area contributed by atoms with E-state index in [0.717, 1.165) is 11.8 Å². The highest BCUT2D eigenvalue weighted by atomic mass is 32.2. The maximum Gasteiger partial charge on any atom is 0.271 e. The van der Waals surface area contributed by atoms with Gasteiger partial charge in [-0.2, -0.15) is 0 Å². The molecular formula is C20H20N4O4S. The van der Waals surface area contributed by atoms with Crippen LogP contribution in [0.25, 0.3) is 11.3 Å². The molecule has 0 bridgehead atoms. The Kier molecular flexibility index (Phi) is 4.67. The van der Waals surface area contributed by atoms with Crippen LogP contribution < -0.4 is 20.2 Å². The summed E-state index contributed by atoms with van der Waals surface area (Å²) >= 11 is 0. The largest absolute Gasteiger partial charge is 0.457 e. The molecule has 29 heavy (non-hydrogen) atoms. The fraction of sp³-hybridized carbons (Fsp3) is 0.150. The number of fused-ring (bicyclic) bond motifs is 1. The zero-order valence-electron chi connectivity index (χ0n) is 15.9. The van der Waals surface area contributed by atoms with E-state index in [2.05, 4.69) is 15.5 Å². The molecule has 1 amide bonds. The molecule has 150 valence electrons. The van der Waals surface area contributed by atoms with E-state index in [9.17, 15) is 13.2 Å². The Morgan fingerprint density at radius 1 is 1.10 bits per heavy atom. The monoisotopic (exact) mass is 412 g/mol. The molecule has 0 saturated heterocycles. The maximum absolute atomic E-state index is 12.3. The van der Waals surface area contributed by atoms with E-state index in [4.69, 9.17) is 4.74 Å². The summed E-state index contributed by atoms with van der Waals surface area (Å²) < 4.78 is 33.6. The number of benzene rings is 2. The SMILES string of the molecule is Cc1cc(-c2cc(NS(C)(=O)=O)ccc2Oc2ccccc2)n2c1C(=O)NCN2. The molecule has 2 aromatic carbocycles. The molecule has 8 nitrogen and oxygen atoms in total. The topological polar surface area (TPSA) is 101 Å². The fourth-order valence-electron chi connectivity index (χ4n) is 3.27. The number of sulfonamides is 1. The van der Waals surface area contributed by atoms with E-state index in [1.54, 1.807) is 22.9 Å². The smallest absolute Gasteiger partial charge is 0.271 e. The third-order valence-electron chi connectivity index (χ3n) is 4.42. The number of hydrogen-bond acceptors (Lipinski definition) is 5. The predicted octanol–water partition coefficient (Wildman–Crippen LogP) is 2.87. The number of amides is 1. The van der Waals surface area contributed by atoms with E-state index in [1.807, 2.05) is 43.3 Å². The first-order chi connectivity index (χ1) is 13.8. The van der Waals surface area contributed by atoms with Crippen molar-refractivity contribution in [3.63, 3.8) is 0 Å². The molecule has 1 aromatic heterocycles. The van der Waals surface area contributed by atoms with Crippen molar-refractivity contribution < 1.29 is 17.9 Å². The molecule has 0 aliphatic carbocycles. The van der Waals surface area contributed by atoms with Crippen LogP contribution in [-0.2, 0) is 10.0 Å². The molecule has 0 unspecified atom stereocenters. The number of anilines is 1. The van der Waals surface area contributed by atoms with Gasteiger partial charge in [-0.25, -0.2) is 8.42 Å². The number of para-hydroxylation sites is 1. The Morgan fingerprint density at radius 2 is 1.86 bits per heavy atom. The van der Waals surface area contributed by atoms with Crippen molar-refractivity contribution in [1.29, 1.82) is 0 Å². The van der Waals surface area contributed by atoms with E-state index < -0.39 is 10.0 Å². The second-order valence-corrected chi connectivity index (χ2v) is 8.49. The van der Waals surface area contributed by atoms with Gasteiger partial charge < -0.3 is 15.5 Å². The van der Waals surface area contributed by atoms with Crippen molar-refractivity contribution in [2.75, 3.05) is 23.1 Å². The number of nitrogens with zero attached hydrogens (tertiary/aromatic N) is 1. The molecule has 2 heterocycles. The third kappa shape index (κ3) is 3.90. The van der Waals surface area contributed by atoms with Gasteiger partial charge in [0.2, 0.25) is 10.0 Å². The zero-order valence-corrected chi connectivity index (χ0v) is 16.7. The lowest BCUT2D eigenvalue weighted by molar-refractivity contribution is 0.0936. The molecule has 3 N–H and O–H groups in total. The Morgan fingerprint density at radius 3 is 2.59 bits per heavy atom. The predicted molar refractivity (Wildman–Crippen MR) is 111 cm³/mol. The summed E-state index contributed by atoms with van der Waals surface area (Å²) in [7, 11) is -3.45.